The summed E-state index contributed by atoms with van der Waals surface area (Å²) in [5.74, 6) is -1.91. The molecule has 0 radical (unpaired) electrons. The van der Waals surface area contributed by atoms with Gasteiger partial charge in [0.2, 0.25) is 11.8 Å². The molecule has 0 saturated heterocycles. The van der Waals surface area contributed by atoms with E-state index in [9.17, 15) is 19.2 Å². The highest BCUT2D eigenvalue weighted by Crippen LogP contribution is 2.31. The molecule has 4 amide bonds. The average molecular weight is 436 g/mol. The van der Waals surface area contributed by atoms with Crippen molar-refractivity contribution in [3.8, 4) is 0 Å². The first kappa shape index (κ1) is 20.7. The lowest BCUT2D eigenvalue weighted by Gasteiger charge is -2.27. The molecule has 1 unspecified atom stereocenters. The molecule has 1 atom stereocenters. The summed E-state index contributed by atoms with van der Waals surface area (Å²) in [4.78, 5) is 55.5. The molecule has 2 heterocycles. The molecule has 1 aromatic heterocycles. The van der Waals surface area contributed by atoms with Gasteiger partial charge in [0, 0.05) is 12.6 Å². The highest BCUT2D eigenvalue weighted by atomic mass is 32.1. The monoisotopic (exact) mass is 436 g/mol. The second-order valence-corrected chi connectivity index (χ2v) is 8.62. The van der Waals surface area contributed by atoms with Crippen LogP contribution in [0.15, 0.2) is 42.5 Å². The van der Waals surface area contributed by atoms with Crippen LogP contribution >= 0.6 is 11.3 Å². The van der Waals surface area contributed by atoms with Crippen LogP contribution < -0.4 is 10.6 Å². The number of anilines is 2. The van der Waals surface area contributed by atoms with Crippen LogP contribution in [0.3, 0.4) is 0 Å². The Bertz CT molecular complexity index is 1200. The van der Waals surface area contributed by atoms with E-state index in [1.807, 2.05) is 0 Å². The Balaban J connectivity index is 1.59. The first-order valence-electron chi connectivity index (χ1n) is 9.72. The van der Waals surface area contributed by atoms with Gasteiger partial charge in [0.1, 0.15) is 6.04 Å². The smallest absolute Gasteiger partial charge is 0.262 e. The molecule has 2 N–H and O–H groups in total. The number of aromatic nitrogens is 1. The van der Waals surface area contributed by atoms with E-state index in [1.165, 1.54) is 18.3 Å². The summed E-state index contributed by atoms with van der Waals surface area (Å²) < 4.78 is 0.781. The minimum absolute atomic E-state index is 0.182. The summed E-state index contributed by atoms with van der Waals surface area (Å²) in [5.41, 5.74) is 1.90. The van der Waals surface area contributed by atoms with Crippen LogP contribution in [0.1, 0.15) is 41.5 Å². The van der Waals surface area contributed by atoms with E-state index < -0.39 is 23.8 Å². The van der Waals surface area contributed by atoms with E-state index in [0.717, 1.165) is 9.60 Å². The second kappa shape index (κ2) is 7.92. The van der Waals surface area contributed by atoms with Crippen molar-refractivity contribution in [2.75, 3.05) is 10.6 Å². The molecule has 0 saturated carbocycles. The van der Waals surface area contributed by atoms with Gasteiger partial charge >= 0.3 is 0 Å². The first-order valence-corrected chi connectivity index (χ1v) is 10.5. The summed E-state index contributed by atoms with van der Waals surface area (Å²) in [6, 6.07) is 10.8. The number of carbonyl (C=O) groups excluding carboxylic acids is 4. The number of nitrogens with zero attached hydrogens (tertiary/aromatic N) is 2. The van der Waals surface area contributed by atoms with Crippen LogP contribution in [0, 0.1) is 5.92 Å². The highest BCUT2D eigenvalue weighted by Gasteiger charge is 2.44. The maximum atomic E-state index is 13.1. The molecule has 4 rings (SSSR count). The van der Waals surface area contributed by atoms with Gasteiger partial charge in [0.05, 0.1) is 21.3 Å². The number of benzene rings is 2. The van der Waals surface area contributed by atoms with Gasteiger partial charge < -0.3 is 10.6 Å². The van der Waals surface area contributed by atoms with E-state index >= 15 is 0 Å². The van der Waals surface area contributed by atoms with E-state index in [1.54, 1.807) is 56.3 Å². The molecule has 0 bridgehead atoms. The van der Waals surface area contributed by atoms with Crippen molar-refractivity contribution in [2.24, 2.45) is 5.92 Å². The van der Waals surface area contributed by atoms with Crippen molar-refractivity contribution in [2.45, 2.75) is 26.8 Å². The number of fused-ring (bicyclic) bond motifs is 2. The van der Waals surface area contributed by atoms with E-state index in [2.05, 4.69) is 15.6 Å². The van der Waals surface area contributed by atoms with E-state index in [0.29, 0.717) is 27.5 Å². The summed E-state index contributed by atoms with van der Waals surface area (Å²) in [6.45, 7) is 4.99. The van der Waals surface area contributed by atoms with Crippen LogP contribution in [0.4, 0.5) is 10.8 Å². The van der Waals surface area contributed by atoms with Crippen molar-refractivity contribution in [1.82, 2.24) is 9.88 Å². The zero-order chi connectivity index (χ0) is 22.3. The Kier molecular flexibility index (Phi) is 5.28. The molecular formula is C22H20N4O4S. The van der Waals surface area contributed by atoms with Crippen LogP contribution in [-0.2, 0) is 9.59 Å². The lowest BCUT2D eigenvalue weighted by molar-refractivity contribution is -0.121. The summed E-state index contributed by atoms with van der Waals surface area (Å²) in [5, 5.41) is 5.81. The predicted molar refractivity (Wildman–Crippen MR) is 118 cm³/mol. The summed E-state index contributed by atoms with van der Waals surface area (Å²) in [7, 11) is 0. The number of carbonyl (C=O) groups is 4. The number of thiazole rings is 1. The molecule has 0 aliphatic carbocycles. The van der Waals surface area contributed by atoms with Gasteiger partial charge in [-0.2, -0.15) is 0 Å². The number of hydrogen-bond donors (Lipinski definition) is 2. The Morgan fingerprint density at radius 3 is 2.23 bits per heavy atom. The van der Waals surface area contributed by atoms with Gasteiger partial charge in [-0.3, -0.25) is 24.1 Å². The van der Waals surface area contributed by atoms with Crippen molar-refractivity contribution in [1.29, 1.82) is 0 Å². The molecule has 0 fully saturated rings. The molecule has 2 aromatic carbocycles. The zero-order valence-corrected chi connectivity index (χ0v) is 17.9. The lowest BCUT2D eigenvalue weighted by Crippen LogP contribution is -2.50. The fraction of sp³-hybridized carbons (Fsp3) is 0.227. The molecule has 3 aromatic rings. The van der Waals surface area contributed by atoms with Crippen molar-refractivity contribution >= 4 is 56.0 Å². The van der Waals surface area contributed by atoms with Crippen LogP contribution in [0.25, 0.3) is 10.2 Å². The first-order chi connectivity index (χ1) is 14.8. The summed E-state index contributed by atoms with van der Waals surface area (Å²) >= 11 is 1.24. The molecule has 1 aliphatic heterocycles. The Morgan fingerprint density at radius 1 is 1.00 bits per heavy atom. The third-order valence-corrected chi connectivity index (χ3v) is 5.88. The van der Waals surface area contributed by atoms with Crippen LogP contribution in [0.2, 0.25) is 0 Å². The molecule has 0 spiro atoms. The Morgan fingerprint density at radius 2 is 1.65 bits per heavy atom. The number of nitrogens with one attached hydrogen (secondary N) is 2. The number of rotatable bonds is 5. The molecule has 1 aliphatic rings. The van der Waals surface area contributed by atoms with Gasteiger partial charge in [0.15, 0.2) is 5.13 Å². The molecule has 9 heteroatoms. The third kappa shape index (κ3) is 3.79. The van der Waals surface area contributed by atoms with Gasteiger partial charge in [-0.25, -0.2) is 4.98 Å². The van der Waals surface area contributed by atoms with Gasteiger partial charge in [-0.05, 0) is 36.2 Å². The summed E-state index contributed by atoms with van der Waals surface area (Å²) in [6.07, 6.45) is 0. The normalized spacial score (nSPS) is 14.1. The van der Waals surface area contributed by atoms with Gasteiger partial charge in [-0.15, -0.1) is 0 Å². The van der Waals surface area contributed by atoms with Gasteiger partial charge in [-0.1, -0.05) is 37.3 Å². The van der Waals surface area contributed by atoms with Crippen molar-refractivity contribution < 1.29 is 19.2 Å². The SMILES string of the molecule is CC(=O)Nc1ccc2nc(NC(=O)C(C(C)C)N3C(=O)c4ccccc4C3=O)sc2c1. The second-order valence-electron chi connectivity index (χ2n) is 7.59. The Hall–Kier alpha value is -3.59. The predicted octanol–water partition coefficient (Wildman–Crippen LogP) is 3.51. The average Bonchev–Trinajstić information content (AvgIpc) is 3.21. The highest BCUT2D eigenvalue weighted by molar-refractivity contribution is 7.22. The fourth-order valence-electron chi connectivity index (χ4n) is 3.62. The molecule has 31 heavy (non-hydrogen) atoms. The fourth-order valence-corrected chi connectivity index (χ4v) is 4.53. The minimum atomic E-state index is -0.977. The molecule has 8 nitrogen and oxygen atoms in total. The minimum Gasteiger partial charge on any atom is -0.326 e. The third-order valence-electron chi connectivity index (χ3n) is 4.94. The topological polar surface area (TPSA) is 108 Å². The van der Waals surface area contributed by atoms with E-state index in [4.69, 9.17) is 0 Å². The van der Waals surface area contributed by atoms with Gasteiger partial charge in [0.25, 0.3) is 11.8 Å². The zero-order valence-electron chi connectivity index (χ0n) is 17.1. The molecular weight excluding hydrogens is 416 g/mol. The number of imide groups is 1. The van der Waals surface area contributed by atoms with Crippen LogP contribution in [-0.4, -0.2) is 39.6 Å². The maximum Gasteiger partial charge on any atom is 0.262 e. The van der Waals surface area contributed by atoms with Crippen LogP contribution in [0.5, 0.6) is 0 Å². The van der Waals surface area contributed by atoms with E-state index in [-0.39, 0.29) is 11.8 Å². The number of amides is 4. The maximum absolute atomic E-state index is 13.1. The lowest BCUT2D eigenvalue weighted by atomic mass is 10.0. The van der Waals surface area contributed by atoms with Crippen molar-refractivity contribution in [3.63, 3.8) is 0 Å². The quantitative estimate of drug-likeness (QED) is 0.595. The molecule has 158 valence electrons. The standard InChI is InChI=1S/C22H20N4O4S/c1-11(2)18(26-20(29)14-6-4-5-7-15(14)21(26)30)19(28)25-22-24-16-9-8-13(23-12(3)27)10-17(16)31-22/h4-11,18H,1-3H3,(H,23,27)(H,24,25,28). The largest absolute Gasteiger partial charge is 0.326 e. The Labute approximate surface area is 182 Å². The van der Waals surface area contributed by atoms with Crippen molar-refractivity contribution in [3.05, 3.63) is 53.6 Å². The number of hydrogen-bond acceptors (Lipinski definition) is 6.